The molecule has 0 spiro atoms. The van der Waals surface area contributed by atoms with Crippen LogP contribution in [-0.2, 0) is 6.42 Å². The van der Waals surface area contributed by atoms with Gasteiger partial charge < -0.3 is 10.4 Å². The first kappa shape index (κ1) is 16.4. The Labute approximate surface area is 144 Å². The third kappa shape index (κ3) is 3.88. The Morgan fingerprint density at radius 3 is 2.62 bits per heavy atom. The molecule has 1 amide bonds. The van der Waals surface area contributed by atoms with Crippen molar-refractivity contribution >= 4 is 22.9 Å². The lowest BCUT2D eigenvalue weighted by Gasteiger charge is -2.12. The maximum atomic E-state index is 12.4. The number of nitrogens with zero attached hydrogens (tertiary/aromatic N) is 1. The van der Waals surface area contributed by atoms with Crippen LogP contribution in [0.5, 0.6) is 0 Å². The molecule has 3 aromatic rings. The van der Waals surface area contributed by atoms with Gasteiger partial charge in [0, 0.05) is 17.7 Å². The van der Waals surface area contributed by atoms with E-state index in [1.807, 2.05) is 42.5 Å². The van der Waals surface area contributed by atoms with Crippen molar-refractivity contribution in [1.29, 1.82) is 0 Å². The molecule has 1 atom stereocenters. The predicted octanol–water partition coefficient (Wildman–Crippen LogP) is 4.04. The number of aromatic nitrogens is 1. The van der Waals surface area contributed by atoms with Gasteiger partial charge >= 0.3 is 0 Å². The van der Waals surface area contributed by atoms with Gasteiger partial charge in [-0.15, -0.1) is 11.3 Å². The molecule has 0 aliphatic heterocycles. The van der Waals surface area contributed by atoms with Crippen molar-refractivity contribution in [2.75, 3.05) is 5.32 Å². The maximum Gasteiger partial charge on any atom is 0.267 e. The van der Waals surface area contributed by atoms with E-state index < -0.39 is 6.10 Å². The highest BCUT2D eigenvalue weighted by Crippen LogP contribution is 2.24. The molecule has 4 nitrogen and oxygen atoms in total. The maximum absolute atomic E-state index is 12.4. The minimum Gasteiger partial charge on any atom is -0.389 e. The van der Waals surface area contributed by atoms with Crippen molar-refractivity contribution in [2.45, 2.75) is 19.4 Å². The first-order chi connectivity index (χ1) is 11.6. The summed E-state index contributed by atoms with van der Waals surface area (Å²) in [5.74, 6) is -0.208. The summed E-state index contributed by atoms with van der Waals surface area (Å²) in [6.07, 6.45) is 1.67. The number of anilines is 1. The highest BCUT2D eigenvalue weighted by Gasteiger charge is 2.14. The van der Waals surface area contributed by atoms with Crippen LogP contribution < -0.4 is 5.32 Å². The molecule has 1 aromatic heterocycles. The normalized spacial score (nSPS) is 11.9. The smallest absolute Gasteiger partial charge is 0.267 e. The Hall–Kier alpha value is -2.50. The molecule has 5 heteroatoms. The number of hydrogen-bond donors (Lipinski definition) is 2. The number of para-hydroxylation sites is 1. The largest absolute Gasteiger partial charge is 0.389 e. The zero-order valence-electron chi connectivity index (χ0n) is 13.3. The Bertz CT molecular complexity index is 828. The molecule has 1 unspecified atom stereocenters. The summed E-state index contributed by atoms with van der Waals surface area (Å²) < 4.78 is 0. The monoisotopic (exact) mass is 338 g/mol. The number of rotatable bonds is 5. The second-order valence-corrected chi connectivity index (χ2v) is 6.61. The quantitative estimate of drug-likeness (QED) is 0.738. The first-order valence-electron chi connectivity index (χ1n) is 7.70. The third-order valence-electron chi connectivity index (χ3n) is 3.63. The zero-order chi connectivity index (χ0) is 16.9. The van der Waals surface area contributed by atoms with Crippen molar-refractivity contribution < 1.29 is 9.90 Å². The molecular weight excluding hydrogens is 320 g/mol. The second kappa shape index (κ2) is 7.38. The highest BCUT2D eigenvalue weighted by molar-refractivity contribution is 7.13. The average molecular weight is 338 g/mol. The van der Waals surface area contributed by atoms with Crippen LogP contribution in [0.1, 0.15) is 38.8 Å². The van der Waals surface area contributed by atoms with E-state index in [0.29, 0.717) is 22.5 Å². The van der Waals surface area contributed by atoms with Gasteiger partial charge in [-0.1, -0.05) is 48.5 Å². The van der Waals surface area contributed by atoms with E-state index in [9.17, 15) is 9.90 Å². The number of hydrogen-bond acceptors (Lipinski definition) is 4. The van der Waals surface area contributed by atoms with Crippen molar-refractivity contribution in [3.63, 3.8) is 0 Å². The summed E-state index contributed by atoms with van der Waals surface area (Å²) in [7, 11) is 0. The number of carbonyl (C=O) groups is 1. The van der Waals surface area contributed by atoms with Crippen LogP contribution in [0, 0.1) is 0 Å². The molecule has 0 saturated heterocycles. The van der Waals surface area contributed by atoms with Crippen molar-refractivity contribution in [3.05, 3.63) is 81.8 Å². The number of aliphatic hydroxyl groups excluding tert-OH is 1. The van der Waals surface area contributed by atoms with Crippen molar-refractivity contribution in [1.82, 2.24) is 4.98 Å². The molecule has 0 fully saturated rings. The topological polar surface area (TPSA) is 62.2 Å². The van der Waals surface area contributed by atoms with Gasteiger partial charge in [-0.05, 0) is 18.6 Å². The third-order valence-corrected chi connectivity index (χ3v) is 4.63. The van der Waals surface area contributed by atoms with Crippen molar-refractivity contribution in [3.8, 4) is 0 Å². The van der Waals surface area contributed by atoms with E-state index >= 15 is 0 Å². The molecule has 0 bridgehead atoms. The second-order valence-electron chi connectivity index (χ2n) is 5.50. The van der Waals surface area contributed by atoms with E-state index in [2.05, 4.69) is 10.3 Å². The number of thiazole rings is 1. The van der Waals surface area contributed by atoms with Crippen LogP contribution in [0.4, 0.5) is 5.69 Å². The van der Waals surface area contributed by atoms with E-state index in [1.165, 1.54) is 16.9 Å². The average Bonchev–Trinajstić information content (AvgIpc) is 3.05. The number of carbonyl (C=O) groups excluding carboxylic acids is 1. The highest BCUT2D eigenvalue weighted by atomic mass is 32.1. The Balaban J connectivity index is 1.73. The van der Waals surface area contributed by atoms with Crippen molar-refractivity contribution in [2.24, 2.45) is 0 Å². The fraction of sp³-hybridized carbons (Fsp3) is 0.158. The zero-order valence-corrected chi connectivity index (χ0v) is 14.1. The number of nitrogens with one attached hydrogen (secondary N) is 1. The minimum atomic E-state index is -0.642. The standard InChI is InChI=1S/C19H18N2O2S/c1-13(22)15-9-5-6-10-16(15)21-19(23)17-12-20-18(24-17)11-14-7-3-2-4-8-14/h2-10,12-13,22H,11H2,1H3,(H,21,23). The van der Waals surface area contributed by atoms with Gasteiger partial charge in [-0.3, -0.25) is 4.79 Å². The van der Waals surface area contributed by atoms with Gasteiger partial charge in [0.25, 0.3) is 5.91 Å². The predicted molar refractivity (Wildman–Crippen MR) is 96.4 cm³/mol. The fourth-order valence-corrected chi connectivity index (χ4v) is 3.27. The Kier molecular flexibility index (Phi) is 5.03. The number of aliphatic hydroxyl groups is 1. The van der Waals surface area contributed by atoms with E-state index in [1.54, 1.807) is 25.3 Å². The molecule has 2 aromatic carbocycles. The van der Waals surface area contributed by atoms with E-state index in [-0.39, 0.29) is 5.91 Å². The fourth-order valence-electron chi connectivity index (χ4n) is 2.43. The molecule has 0 saturated carbocycles. The molecule has 0 radical (unpaired) electrons. The van der Waals surface area contributed by atoms with Gasteiger partial charge in [0.2, 0.25) is 0 Å². The first-order valence-corrected chi connectivity index (χ1v) is 8.52. The lowest BCUT2D eigenvalue weighted by molar-refractivity contribution is 0.103. The summed E-state index contributed by atoms with van der Waals surface area (Å²) in [4.78, 5) is 17.3. The molecule has 0 aliphatic rings. The molecule has 24 heavy (non-hydrogen) atoms. The number of benzene rings is 2. The van der Waals surface area contributed by atoms with Crippen LogP contribution in [-0.4, -0.2) is 16.0 Å². The molecule has 122 valence electrons. The van der Waals surface area contributed by atoms with Gasteiger partial charge in [0.05, 0.1) is 17.3 Å². The Morgan fingerprint density at radius 1 is 1.17 bits per heavy atom. The summed E-state index contributed by atoms with van der Waals surface area (Å²) in [5.41, 5.74) is 2.48. The summed E-state index contributed by atoms with van der Waals surface area (Å²) >= 11 is 1.38. The van der Waals surface area contributed by atoms with Gasteiger partial charge in [0.15, 0.2) is 0 Å². The SMILES string of the molecule is CC(O)c1ccccc1NC(=O)c1cnc(Cc2ccccc2)s1. The summed E-state index contributed by atoms with van der Waals surface area (Å²) in [6, 6.07) is 17.3. The van der Waals surface area contributed by atoms with Gasteiger partial charge in [-0.2, -0.15) is 0 Å². The number of amides is 1. The molecular formula is C19H18N2O2S. The molecule has 2 N–H and O–H groups in total. The van der Waals surface area contributed by atoms with Crippen LogP contribution >= 0.6 is 11.3 Å². The Morgan fingerprint density at radius 2 is 1.88 bits per heavy atom. The lowest BCUT2D eigenvalue weighted by Crippen LogP contribution is -2.12. The van der Waals surface area contributed by atoms with E-state index in [0.717, 1.165) is 5.01 Å². The molecule has 3 rings (SSSR count). The summed E-state index contributed by atoms with van der Waals surface area (Å²) in [6.45, 7) is 1.68. The summed E-state index contributed by atoms with van der Waals surface area (Å²) in [5, 5.41) is 13.6. The van der Waals surface area contributed by atoms with Crippen LogP contribution in [0.3, 0.4) is 0 Å². The van der Waals surface area contributed by atoms with Crippen LogP contribution in [0.15, 0.2) is 60.8 Å². The lowest BCUT2D eigenvalue weighted by atomic mass is 10.1. The molecule has 0 aliphatic carbocycles. The molecule has 1 heterocycles. The van der Waals surface area contributed by atoms with Gasteiger partial charge in [0.1, 0.15) is 4.88 Å². The van der Waals surface area contributed by atoms with Crippen LogP contribution in [0.25, 0.3) is 0 Å². The minimum absolute atomic E-state index is 0.208. The van der Waals surface area contributed by atoms with Gasteiger partial charge in [-0.25, -0.2) is 4.98 Å². The van der Waals surface area contributed by atoms with Crippen LogP contribution in [0.2, 0.25) is 0 Å². The van der Waals surface area contributed by atoms with E-state index in [4.69, 9.17) is 0 Å².